The quantitative estimate of drug-likeness (QED) is 0.570. The Morgan fingerprint density at radius 2 is 1.80 bits per heavy atom. The first-order valence-corrected chi connectivity index (χ1v) is 6.46. The third kappa shape index (κ3) is 1.46. The van der Waals surface area contributed by atoms with Gasteiger partial charge in [-0.15, -0.1) is 0 Å². The van der Waals surface area contributed by atoms with Crippen molar-refractivity contribution in [1.82, 2.24) is 0 Å². The zero-order valence-corrected chi connectivity index (χ0v) is 10.9. The van der Waals surface area contributed by atoms with Crippen LogP contribution in [0.4, 0.5) is 0 Å². The maximum Gasteiger partial charge on any atom is 0.364 e. The van der Waals surface area contributed by atoms with E-state index < -0.39 is 0 Å². The minimum Gasteiger partial charge on any atom is -0.407 e. The fourth-order valence-electron chi connectivity index (χ4n) is 2.79. The van der Waals surface area contributed by atoms with E-state index >= 15 is 0 Å². The molecule has 0 aromatic heterocycles. The lowest BCUT2D eigenvalue weighted by atomic mass is 10.1. The molecule has 2 aromatic carbocycles. The summed E-state index contributed by atoms with van der Waals surface area (Å²) in [5.74, 6) is 0.0261. The van der Waals surface area contributed by atoms with E-state index in [9.17, 15) is 4.79 Å². The highest BCUT2D eigenvalue weighted by Crippen LogP contribution is 2.12. The molecule has 0 radical (unpaired) electrons. The van der Waals surface area contributed by atoms with Crippen molar-refractivity contribution in [1.29, 1.82) is 0 Å². The number of carbonyl (C=O) groups is 1. The van der Waals surface area contributed by atoms with Crippen LogP contribution in [0.1, 0.15) is 12.5 Å². The zero-order valence-electron chi connectivity index (χ0n) is 10.9. The summed E-state index contributed by atoms with van der Waals surface area (Å²) in [6.07, 6.45) is 2.13. The van der Waals surface area contributed by atoms with E-state index in [2.05, 4.69) is 29.3 Å². The number of benzene rings is 2. The van der Waals surface area contributed by atoms with Gasteiger partial charge in [-0.25, -0.2) is 9.79 Å². The molecule has 20 heavy (non-hydrogen) atoms. The van der Waals surface area contributed by atoms with Gasteiger partial charge in [0.1, 0.15) is 0 Å². The van der Waals surface area contributed by atoms with Crippen LogP contribution in [0, 0.1) is 10.4 Å². The van der Waals surface area contributed by atoms with Crippen LogP contribution in [0.25, 0.3) is 11.8 Å². The van der Waals surface area contributed by atoms with E-state index in [1.54, 1.807) is 6.92 Å². The molecule has 0 N–H and O–H groups in total. The molecule has 0 fully saturated rings. The molecule has 2 aliphatic rings. The average molecular weight is 261 g/mol. The first-order valence-electron chi connectivity index (χ1n) is 6.46. The predicted octanol–water partition coefficient (Wildman–Crippen LogP) is 1.20. The lowest BCUT2D eigenvalue weighted by molar-refractivity contribution is -0.128. The van der Waals surface area contributed by atoms with Crippen molar-refractivity contribution in [3.05, 3.63) is 68.9 Å². The van der Waals surface area contributed by atoms with Crippen LogP contribution in [0.2, 0.25) is 0 Å². The van der Waals surface area contributed by atoms with Gasteiger partial charge in [-0.3, -0.25) is 0 Å². The number of carbonyl (C=O) groups excluding carboxylic acids is 1. The number of hydrogen-bond donors (Lipinski definition) is 0. The topological polar surface area (TPSA) is 38.7 Å². The molecule has 0 spiro atoms. The fourth-order valence-corrected chi connectivity index (χ4v) is 2.79. The van der Waals surface area contributed by atoms with Crippen LogP contribution < -0.4 is 10.4 Å². The van der Waals surface area contributed by atoms with Crippen LogP contribution in [0.5, 0.6) is 0 Å². The number of ether oxygens (including phenoxy) is 1. The largest absolute Gasteiger partial charge is 0.407 e. The number of esters is 1. The zero-order chi connectivity index (χ0) is 13.7. The van der Waals surface area contributed by atoms with Gasteiger partial charge < -0.3 is 4.74 Å². The maximum atomic E-state index is 11.9. The summed E-state index contributed by atoms with van der Waals surface area (Å²) in [5.41, 5.74) is 1.51. The highest BCUT2D eigenvalue weighted by Gasteiger charge is 2.21. The summed E-state index contributed by atoms with van der Waals surface area (Å²) < 4.78 is 5.04. The van der Waals surface area contributed by atoms with E-state index in [-0.39, 0.29) is 5.97 Å². The fraction of sp³-hybridized carbons (Fsp3) is 0.0588. The van der Waals surface area contributed by atoms with Crippen LogP contribution in [-0.2, 0) is 9.53 Å². The highest BCUT2D eigenvalue weighted by molar-refractivity contribution is 6.19. The van der Waals surface area contributed by atoms with Gasteiger partial charge in [-0.05, 0) is 27.3 Å². The van der Waals surface area contributed by atoms with Crippen LogP contribution in [-0.4, -0.2) is 11.9 Å². The molecule has 2 aromatic rings. The monoisotopic (exact) mass is 261 g/mol. The third-order valence-corrected chi connectivity index (χ3v) is 3.60. The lowest BCUT2D eigenvalue weighted by Crippen LogP contribution is -2.13. The van der Waals surface area contributed by atoms with E-state index in [0.717, 1.165) is 21.2 Å². The second-order valence-electron chi connectivity index (χ2n) is 4.87. The Labute approximate surface area is 114 Å². The summed E-state index contributed by atoms with van der Waals surface area (Å²) in [4.78, 5) is 16.2. The molecule has 1 aliphatic heterocycles. The third-order valence-electron chi connectivity index (χ3n) is 3.60. The SMILES string of the molecule is CC1=NC(=c2cccc3c2=c2ccccc2=C3)C(=O)O1. The first kappa shape index (κ1) is 11.2. The van der Waals surface area contributed by atoms with Gasteiger partial charge in [-0.1, -0.05) is 42.5 Å². The van der Waals surface area contributed by atoms with Gasteiger partial charge in [0.05, 0.1) is 0 Å². The van der Waals surface area contributed by atoms with Crippen LogP contribution >= 0.6 is 0 Å². The Balaban J connectivity index is 2.30. The lowest BCUT2D eigenvalue weighted by Gasteiger charge is -1.95. The predicted molar refractivity (Wildman–Crippen MR) is 76.0 cm³/mol. The summed E-state index contributed by atoms with van der Waals surface area (Å²) in [7, 11) is 0. The summed E-state index contributed by atoms with van der Waals surface area (Å²) in [6, 6.07) is 14.1. The van der Waals surface area contributed by atoms with E-state index in [0.29, 0.717) is 11.6 Å². The Morgan fingerprint density at radius 1 is 1.00 bits per heavy atom. The van der Waals surface area contributed by atoms with E-state index in [1.807, 2.05) is 24.3 Å². The highest BCUT2D eigenvalue weighted by atomic mass is 16.6. The molecular formula is C17H11NO2. The molecule has 1 heterocycles. The number of aliphatic imine (C=N–C) groups is 1. The van der Waals surface area contributed by atoms with Crippen molar-refractivity contribution in [2.45, 2.75) is 6.92 Å². The smallest absolute Gasteiger partial charge is 0.364 e. The molecule has 0 saturated carbocycles. The Hall–Kier alpha value is -2.68. The Morgan fingerprint density at radius 3 is 2.60 bits per heavy atom. The molecular weight excluding hydrogens is 250 g/mol. The molecule has 0 unspecified atom stereocenters. The number of fused-ring (bicyclic) bond motifs is 2. The van der Waals surface area contributed by atoms with E-state index in [4.69, 9.17) is 4.74 Å². The van der Waals surface area contributed by atoms with Crippen LogP contribution in [0.15, 0.2) is 47.5 Å². The maximum absolute atomic E-state index is 11.9. The average Bonchev–Trinajstić information content (AvgIpc) is 2.98. The number of hydrogen-bond acceptors (Lipinski definition) is 3. The summed E-state index contributed by atoms with van der Waals surface area (Å²) in [6.45, 7) is 1.69. The van der Waals surface area contributed by atoms with Crippen molar-refractivity contribution >= 4 is 23.6 Å². The summed E-state index contributed by atoms with van der Waals surface area (Å²) in [5, 5.41) is 4.21. The van der Waals surface area contributed by atoms with E-state index in [1.165, 1.54) is 5.22 Å². The molecule has 0 amide bonds. The molecule has 96 valence electrons. The number of cyclic esters (lactones) is 1. The normalized spacial score (nSPS) is 18.1. The second-order valence-corrected chi connectivity index (χ2v) is 4.87. The van der Waals surface area contributed by atoms with Crippen molar-refractivity contribution in [2.24, 2.45) is 4.99 Å². The molecule has 3 nitrogen and oxygen atoms in total. The number of rotatable bonds is 0. The van der Waals surface area contributed by atoms with Gasteiger partial charge >= 0.3 is 5.97 Å². The molecule has 0 atom stereocenters. The van der Waals surface area contributed by atoms with Gasteiger partial charge in [0.2, 0.25) is 0 Å². The standard InChI is InChI=1S/C17H11NO2/c1-10-18-16(17(19)20-10)14-8-4-6-12-9-11-5-2-3-7-13(11)15(12)14/h2-9H,1H3. The first-order chi connectivity index (χ1) is 9.74. The molecule has 1 aliphatic carbocycles. The van der Waals surface area contributed by atoms with Gasteiger partial charge in [0.25, 0.3) is 0 Å². The van der Waals surface area contributed by atoms with Gasteiger partial charge in [0, 0.05) is 12.1 Å². The van der Waals surface area contributed by atoms with Crippen molar-refractivity contribution < 1.29 is 9.53 Å². The van der Waals surface area contributed by atoms with Crippen LogP contribution in [0.3, 0.4) is 0 Å². The molecule has 3 heteroatoms. The molecule has 0 bridgehead atoms. The van der Waals surface area contributed by atoms with Crippen molar-refractivity contribution in [3.8, 4) is 0 Å². The Kier molecular flexibility index (Phi) is 2.18. The van der Waals surface area contributed by atoms with Gasteiger partial charge in [-0.2, -0.15) is 0 Å². The minimum absolute atomic E-state index is 0.375. The Bertz CT molecular complexity index is 1000. The molecule has 4 rings (SSSR count). The van der Waals surface area contributed by atoms with Crippen molar-refractivity contribution in [2.75, 3.05) is 0 Å². The number of nitrogens with zero attached hydrogens (tertiary/aromatic N) is 1. The second kappa shape index (κ2) is 3.90. The molecule has 0 saturated heterocycles. The summed E-state index contributed by atoms with van der Waals surface area (Å²) >= 11 is 0. The van der Waals surface area contributed by atoms with Crippen molar-refractivity contribution in [3.63, 3.8) is 0 Å². The minimum atomic E-state index is -0.375. The van der Waals surface area contributed by atoms with Gasteiger partial charge in [0.15, 0.2) is 11.6 Å².